The van der Waals surface area contributed by atoms with Crippen LogP contribution in [0.2, 0.25) is 5.02 Å². The minimum absolute atomic E-state index is 0.175. The lowest BCUT2D eigenvalue weighted by atomic mass is 9.93. The molecule has 0 amide bonds. The monoisotopic (exact) mass is 628 g/mol. The zero-order chi connectivity index (χ0) is 29.9. The van der Waals surface area contributed by atoms with Crippen molar-refractivity contribution in [2.75, 3.05) is 13.7 Å². The number of hydrogen-bond acceptors (Lipinski definition) is 8. The maximum Gasteiger partial charge on any atom is 0.338 e. The standard InChI is InChI=1S/C33H25ClN2O5S2/c1-3-40-32(38)28-29(20-8-5-4-6-9-20)35-33-36(30(28)21-10-7-11-23(18-21)39-2)31(37)26(43-33)19-24-14-17-27(41-24)42-25-15-12-22(34)13-16-25/h4-19,30H,3H2,1-2H3/b26-19+/t30-/m1/s1. The molecule has 3 aromatic carbocycles. The van der Waals surface area contributed by atoms with E-state index in [2.05, 4.69) is 0 Å². The number of fused-ring (bicyclic) bond motifs is 1. The summed E-state index contributed by atoms with van der Waals surface area (Å²) in [4.78, 5) is 34.0. The number of aromatic nitrogens is 1. The van der Waals surface area contributed by atoms with E-state index < -0.39 is 12.0 Å². The Labute approximate surface area is 260 Å². The summed E-state index contributed by atoms with van der Waals surface area (Å²) < 4.78 is 19.0. The number of methoxy groups -OCH3 is 1. The van der Waals surface area contributed by atoms with Crippen LogP contribution in [0.1, 0.15) is 29.9 Å². The molecule has 216 valence electrons. The molecular weight excluding hydrogens is 604 g/mol. The maximum atomic E-state index is 14.1. The van der Waals surface area contributed by atoms with Crippen LogP contribution < -0.4 is 19.6 Å². The molecule has 0 fully saturated rings. The van der Waals surface area contributed by atoms with Crippen molar-refractivity contribution in [2.24, 2.45) is 4.99 Å². The molecular formula is C33H25ClN2O5S2. The largest absolute Gasteiger partial charge is 0.497 e. The molecule has 7 nitrogen and oxygen atoms in total. The highest BCUT2D eigenvalue weighted by molar-refractivity contribution is 7.99. The molecule has 0 spiro atoms. The summed E-state index contributed by atoms with van der Waals surface area (Å²) >= 11 is 8.69. The van der Waals surface area contributed by atoms with Crippen LogP contribution in [0.3, 0.4) is 0 Å². The first kappa shape index (κ1) is 28.8. The number of furan rings is 1. The number of esters is 1. The Morgan fingerprint density at radius 3 is 2.60 bits per heavy atom. The number of rotatable bonds is 8. The van der Waals surface area contributed by atoms with Gasteiger partial charge >= 0.3 is 5.97 Å². The van der Waals surface area contributed by atoms with Crippen LogP contribution in [-0.4, -0.2) is 24.3 Å². The smallest absolute Gasteiger partial charge is 0.338 e. The van der Waals surface area contributed by atoms with Gasteiger partial charge in [0.05, 0.1) is 35.6 Å². The quantitative estimate of drug-likeness (QED) is 0.187. The van der Waals surface area contributed by atoms with Gasteiger partial charge in [-0.2, -0.15) is 0 Å². The summed E-state index contributed by atoms with van der Waals surface area (Å²) in [5.41, 5.74) is 1.87. The van der Waals surface area contributed by atoms with Gasteiger partial charge in [0.25, 0.3) is 5.56 Å². The normalized spacial score (nSPS) is 14.8. The van der Waals surface area contributed by atoms with Gasteiger partial charge in [0.15, 0.2) is 9.89 Å². The van der Waals surface area contributed by atoms with Gasteiger partial charge in [-0.3, -0.25) is 9.36 Å². The van der Waals surface area contributed by atoms with E-state index >= 15 is 0 Å². The van der Waals surface area contributed by atoms with Crippen molar-refractivity contribution < 1.29 is 18.7 Å². The van der Waals surface area contributed by atoms with E-state index in [-0.39, 0.29) is 17.7 Å². The van der Waals surface area contributed by atoms with Crippen LogP contribution >= 0.6 is 34.7 Å². The van der Waals surface area contributed by atoms with Gasteiger partial charge in [-0.15, -0.1) is 0 Å². The molecule has 1 atom stereocenters. The topological polar surface area (TPSA) is 83.0 Å². The third-order valence-corrected chi connectivity index (χ3v) is 8.85. The molecule has 0 saturated heterocycles. The van der Waals surface area contributed by atoms with Crippen molar-refractivity contribution >= 4 is 52.4 Å². The molecule has 0 bridgehead atoms. The van der Waals surface area contributed by atoms with Crippen LogP contribution in [0.25, 0.3) is 11.8 Å². The van der Waals surface area contributed by atoms with Gasteiger partial charge in [0, 0.05) is 21.6 Å². The molecule has 6 rings (SSSR count). The fraction of sp³-hybridized carbons (Fsp3) is 0.121. The zero-order valence-electron chi connectivity index (χ0n) is 23.2. The van der Waals surface area contributed by atoms with Gasteiger partial charge in [0.2, 0.25) is 0 Å². The molecule has 2 aromatic heterocycles. The second-order valence-electron chi connectivity index (χ2n) is 9.42. The van der Waals surface area contributed by atoms with E-state index in [1.165, 1.54) is 23.1 Å². The number of benzene rings is 3. The molecule has 10 heteroatoms. The first-order valence-corrected chi connectivity index (χ1v) is 15.4. The van der Waals surface area contributed by atoms with E-state index in [1.54, 1.807) is 24.7 Å². The second kappa shape index (κ2) is 12.5. The Hall–Kier alpha value is -4.31. The average Bonchev–Trinajstić information content (AvgIpc) is 3.60. The zero-order valence-corrected chi connectivity index (χ0v) is 25.5. The van der Waals surface area contributed by atoms with Crippen molar-refractivity contribution in [2.45, 2.75) is 23.0 Å². The van der Waals surface area contributed by atoms with Crippen molar-refractivity contribution in [1.29, 1.82) is 0 Å². The van der Waals surface area contributed by atoms with Crippen molar-refractivity contribution in [3.05, 3.63) is 138 Å². The van der Waals surface area contributed by atoms with Crippen LogP contribution in [-0.2, 0) is 9.53 Å². The van der Waals surface area contributed by atoms with Gasteiger partial charge < -0.3 is 13.9 Å². The number of halogens is 1. The Balaban J connectivity index is 1.51. The lowest BCUT2D eigenvalue weighted by Crippen LogP contribution is -2.40. The van der Waals surface area contributed by atoms with E-state index in [0.717, 1.165) is 10.5 Å². The Kier molecular flexibility index (Phi) is 8.38. The first-order valence-electron chi connectivity index (χ1n) is 13.4. The highest BCUT2D eigenvalue weighted by atomic mass is 35.5. The number of hydrogen-bond donors (Lipinski definition) is 0. The molecule has 1 aliphatic rings. The van der Waals surface area contributed by atoms with Crippen molar-refractivity contribution in [3.63, 3.8) is 0 Å². The third-order valence-electron chi connectivity index (χ3n) is 6.69. The molecule has 5 aromatic rings. The highest BCUT2D eigenvalue weighted by Gasteiger charge is 2.35. The van der Waals surface area contributed by atoms with Gasteiger partial charge in [-0.25, -0.2) is 9.79 Å². The molecule has 1 aliphatic heterocycles. The molecule has 43 heavy (non-hydrogen) atoms. The Morgan fingerprint density at radius 2 is 1.86 bits per heavy atom. The number of ether oxygens (including phenoxy) is 2. The lowest BCUT2D eigenvalue weighted by molar-refractivity contribution is -0.138. The van der Waals surface area contributed by atoms with Gasteiger partial charge in [0.1, 0.15) is 11.5 Å². The van der Waals surface area contributed by atoms with Gasteiger partial charge in [-0.1, -0.05) is 77.2 Å². The van der Waals surface area contributed by atoms with Crippen molar-refractivity contribution in [1.82, 2.24) is 4.57 Å². The van der Waals surface area contributed by atoms with Gasteiger partial charge in [-0.05, 0) is 61.0 Å². The maximum absolute atomic E-state index is 14.1. The summed E-state index contributed by atoms with van der Waals surface area (Å²) in [6.45, 7) is 1.92. The van der Waals surface area contributed by atoms with E-state index in [1.807, 2.05) is 91.0 Å². The summed E-state index contributed by atoms with van der Waals surface area (Å²) in [6, 6.07) is 27.1. The van der Waals surface area contributed by atoms with Crippen LogP contribution in [0, 0.1) is 0 Å². The minimum atomic E-state index is -0.796. The number of carbonyl (C=O) groups excluding carboxylic acids is 1. The highest BCUT2D eigenvalue weighted by Crippen LogP contribution is 2.36. The fourth-order valence-corrected chi connectivity index (χ4v) is 6.67. The summed E-state index contributed by atoms with van der Waals surface area (Å²) in [5.74, 6) is 0.581. The van der Waals surface area contributed by atoms with Crippen LogP contribution in [0.15, 0.2) is 121 Å². The molecule has 0 saturated carbocycles. The van der Waals surface area contributed by atoms with E-state index in [9.17, 15) is 9.59 Å². The number of nitrogens with zero attached hydrogens (tertiary/aromatic N) is 2. The summed E-state index contributed by atoms with van der Waals surface area (Å²) in [6.07, 6.45) is 1.70. The Morgan fingerprint density at radius 1 is 1.07 bits per heavy atom. The third kappa shape index (κ3) is 5.97. The second-order valence-corrected chi connectivity index (χ2v) is 11.9. The predicted molar refractivity (Wildman–Crippen MR) is 168 cm³/mol. The SMILES string of the molecule is CCOC(=O)C1=C(c2ccccc2)N=c2s/c(=C/c3ccc(Sc4ccc(Cl)cc4)o3)c(=O)n2[C@@H]1c1cccc(OC)c1. The fourth-order valence-electron chi connectivity index (χ4n) is 4.78. The van der Waals surface area contributed by atoms with Crippen LogP contribution in [0.5, 0.6) is 5.75 Å². The number of thiazole rings is 1. The average molecular weight is 629 g/mol. The van der Waals surface area contributed by atoms with E-state index in [0.29, 0.717) is 42.2 Å². The molecule has 0 aliphatic carbocycles. The lowest BCUT2D eigenvalue weighted by Gasteiger charge is -2.26. The molecule has 0 radical (unpaired) electrons. The number of carbonyl (C=O) groups is 1. The van der Waals surface area contributed by atoms with Crippen LogP contribution in [0.4, 0.5) is 0 Å². The van der Waals surface area contributed by atoms with E-state index in [4.69, 9.17) is 30.5 Å². The summed E-state index contributed by atoms with van der Waals surface area (Å²) in [7, 11) is 1.57. The first-order chi connectivity index (χ1) is 20.9. The van der Waals surface area contributed by atoms with Crippen molar-refractivity contribution in [3.8, 4) is 5.75 Å². The predicted octanol–water partition coefficient (Wildman–Crippen LogP) is 6.34. The molecule has 0 unspecified atom stereocenters. The molecule has 3 heterocycles. The minimum Gasteiger partial charge on any atom is -0.497 e. The summed E-state index contributed by atoms with van der Waals surface area (Å²) in [5, 5.41) is 1.33. The molecule has 0 N–H and O–H groups in total. The Bertz CT molecular complexity index is 2010.